The van der Waals surface area contributed by atoms with Crippen LogP contribution in [0.5, 0.6) is 0 Å². The lowest BCUT2D eigenvalue weighted by molar-refractivity contribution is -0.139. The van der Waals surface area contributed by atoms with Gasteiger partial charge >= 0.3 is 5.97 Å². The maximum atomic E-state index is 11.8. The molecule has 1 rings (SSSR count). The Balaban J connectivity index is 2.83. The third-order valence-electron chi connectivity index (χ3n) is 2.28. The molecule has 0 heterocycles. The average molecular weight is 317 g/mol. The monoisotopic (exact) mass is 316 g/mol. The highest BCUT2D eigenvalue weighted by Gasteiger charge is 2.21. The SMILES string of the molecule is Nc1cc(Br)ccc1C(=O)N[C@@H](CCO)C(=O)O. The van der Waals surface area contributed by atoms with E-state index < -0.39 is 17.9 Å². The molecule has 0 saturated heterocycles. The van der Waals surface area contributed by atoms with Crippen LogP contribution in [0.1, 0.15) is 16.8 Å². The highest BCUT2D eigenvalue weighted by molar-refractivity contribution is 9.10. The van der Waals surface area contributed by atoms with Gasteiger partial charge in [-0.3, -0.25) is 4.79 Å². The van der Waals surface area contributed by atoms with Crippen LogP contribution in [0.3, 0.4) is 0 Å². The van der Waals surface area contributed by atoms with Crippen molar-refractivity contribution in [1.29, 1.82) is 0 Å². The number of carboxylic acid groups (broad SMARTS) is 1. The molecular formula is C11H13BrN2O4. The minimum atomic E-state index is -1.20. The molecule has 7 heteroatoms. The third-order valence-corrected chi connectivity index (χ3v) is 2.77. The van der Waals surface area contributed by atoms with Crippen LogP contribution in [-0.4, -0.2) is 34.7 Å². The molecule has 0 fully saturated rings. The molecule has 1 aromatic rings. The molecule has 98 valence electrons. The van der Waals surface area contributed by atoms with E-state index in [0.29, 0.717) is 0 Å². The molecule has 0 aliphatic carbocycles. The maximum absolute atomic E-state index is 11.8. The number of hydrogen-bond donors (Lipinski definition) is 4. The third kappa shape index (κ3) is 3.71. The van der Waals surface area contributed by atoms with Gasteiger partial charge < -0.3 is 21.3 Å². The predicted molar refractivity (Wildman–Crippen MR) is 69.1 cm³/mol. The fourth-order valence-electron chi connectivity index (χ4n) is 1.36. The van der Waals surface area contributed by atoms with Crippen molar-refractivity contribution in [3.05, 3.63) is 28.2 Å². The van der Waals surface area contributed by atoms with E-state index in [9.17, 15) is 9.59 Å². The first kappa shape index (κ1) is 14.5. The predicted octanol–water partition coefficient (Wildman–Crippen LogP) is 0.597. The second-order valence-corrected chi connectivity index (χ2v) is 4.52. The van der Waals surface area contributed by atoms with Gasteiger partial charge in [0, 0.05) is 23.2 Å². The number of aliphatic carboxylic acids is 1. The molecule has 1 aromatic carbocycles. The van der Waals surface area contributed by atoms with E-state index in [2.05, 4.69) is 21.2 Å². The van der Waals surface area contributed by atoms with Gasteiger partial charge in [0.1, 0.15) is 6.04 Å². The minimum Gasteiger partial charge on any atom is -0.480 e. The lowest BCUT2D eigenvalue weighted by atomic mass is 10.1. The molecule has 0 unspecified atom stereocenters. The van der Waals surface area contributed by atoms with Crippen molar-refractivity contribution < 1.29 is 19.8 Å². The minimum absolute atomic E-state index is 0.0580. The Hall–Kier alpha value is -1.60. The summed E-state index contributed by atoms with van der Waals surface area (Å²) in [7, 11) is 0. The van der Waals surface area contributed by atoms with Gasteiger partial charge in [0.05, 0.1) is 5.56 Å². The number of anilines is 1. The Morgan fingerprint density at radius 2 is 2.11 bits per heavy atom. The summed E-state index contributed by atoms with van der Waals surface area (Å²) in [6, 6.07) is 3.54. The van der Waals surface area contributed by atoms with Crippen LogP contribution in [0.2, 0.25) is 0 Å². The van der Waals surface area contributed by atoms with Crippen molar-refractivity contribution in [3.8, 4) is 0 Å². The first-order valence-electron chi connectivity index (χ1n) is 5.15. The zero-order valence-electron chi connectivity index (χ0n) is 9.39. The maximum Gasteiger partial charge on any atom is 0.326 e. The normalized spacial score (nSPS) is 11.9. The van der Waals surface area contributed by atoms with Gasteiger partial charge in [-0.1, -0.05) is 15.9 Å². The highest BCUT2D eigenvalue weighted by Crippen LogP contribution is 2.18. The fourth-order valence-corrected chi connectivity index (χ4v) is 1.74. The summed E-state index contributed by atoms with van der Waals surface area (Å²) in [5, 5.41) is 19.9. The molecule has 0 bridgehead atoms. The van der Waals surface area contributed by atoms with Gasteiger partial charge in [-0.05, 0) is 18.2 Å². The Bertz CT molecular complexity index is 464. The topological polar surface area (TPSA) is 113 Å². The molecule has 0 spiro atoms. The quantitative estimate of drug-likeness (QED) is 0.594. The van der Waals surface area contributed by atoms with Crippen molar-refractivity contribution >= 4 is 33.5 Å². The number of hydrogen-bond acceptors (Lipinski definition) is 4. The molecule has 0 aromatic heterocycles. The van der Waals surface area contributed by atoms with Crippen LogP contribution < -0.4 is 11.1 Å². The number of nitrogens with two attached hydrogens (primary N) is 1. The van der Waals surface area contributed by atoms with Crippen LogP contribution in [0.15, 0.2) is 22.7 Å². The lowest BCUT2D eigenvalue weighted by Gasteiger charge is -2.14. The number of carbonyl (C=O) groups is 2. The Morgan fingerprint density at radius 3 is 2.61 bits per heavy atom. The number of carboxylic acids is 1. The Labute approximate surface area is 112 Å². The van der Waals surface area contributed by atoms with Crippen LogP contribution >= 0.6 is 15.9 Å². The van der Waals surface area contributed by atoms with E-state index in [0.717, 1.165) is 4.47 Å². The van der Waals surface area contributed by atoms with Gasteiger partial charge in [-0.25, -0.2) is 4.79 Å². The number of aliphatic hydroxyl groups is 1. The molecule has 0 aliphatic rings. The van der Waals surface area contributed by atoms with Crippen LogP contribution in [-0.2, 0) is 4.79 Å². The van der Waals surface area contributed by atoms with E-state index in [4.69, 9.17) is 15.9 Å². The largest absolute Gasteiger partial charge is 0.480 e. The number of carbonyl (C=O) groups excluding carboxylic acids is 1. The summed E-state index contributed by atoms with van der Waals surface area (Å²) in [5.41, 5.74) is 6.10. The van der Waals surface area contributed by atoms with Crippen molar-refractivity contribution in [2.45, 2.75) is 12.5 Å². The Kier molecular flexibility index (Phi) is 5.11. The van der Waals surface area contributed by atoms with Crippen LogP contribution in [0.25, 0.3) is 0 Å². The lowest BCUT2D eigenvalue weighted by Crippen LogP contribution is -2.41. The molecule has 6 nitrogen and oxygen atoms in total. The number of nitrogens with one attached hydrogen (secondary N) is 1. The standard InChI is InChI=1S/C11H13BrN2O4/c12-6-1-2-7(8(13)5-6)10(16)14-9(3-4-15)11(17)18/h1-2,5,9,15H,3-4,13H2,(H,14,16)(H,17,18)/t9-/m0/s1. The second-order valence-electron chi connectivity index (χ2n) is 3.61. The fraction of sp³-hybridized carbons (Fsp3) is 0.273. The molecule has 0 aliphatic heterocycles. The number of benzene rings is 1. The summed E-state index contributed by atoms with van der Waals surface area (Å²) in [5.74, 6) is -1.78. The van der Waals surface area contributed by atoms with E-state index in [1.54, 1.807) is 12.1 Å². The molecular weight excluding hydrogens is 304 g/mol. The zero-order valence-corrected chi connectivity index (χ0v) is 11.0. The van der Waals surface area contributed by atoms with Gasteiger partial charge in [0.2, 0.25) is 0 Å². The molecule has 18 heavy (non-hydrogen) atoms. The van der Waals surface area contributed by atoms with E-state index in [1.807, 2.05) is 0 Å². The number of nitrogen functional groups attached to an aromatic ring is 1. The van der Waals surface area contributed by atoms with E-state index in [1.165, 1.54) is 6.07 Å². The molecule has 0 saturated carbocycles. The molecule has 5 N–H and O–H groups in total. The van der Waals surface area contributed by atoms with Gasteiger partial charge in [0.15, 0.2) is 0 Å². The highest BCUT2D eigenvalue weighted by atomic mass is 79.9. The van der Waals surface area contributed by atoms with E-state index >= 15 is 0 Å². The van der Waals surface area contributed by atoms with E-state index in [-0.39, 0.29) is 24.3 Å². The van der Waals surface area contributed by atoms with Gasteiger partial charge in [0.25, 0.3) is 5.91 Å². The molecule has 0 radical (unpaired) electrons. The first-order valence-corrected chi connectivity index (χ1v) is 5.94. The number of amides is 1. The Morgan fingerprint density at radius 1 is 1.44 bits per heavy atom. The molecule has 1 atom stereocenters. The zero-order chi connectivity index (χ0) is 13.7. The van der Waals surface area contributed by atoms with Crippen molar-refractivity contribution in [2.75, 3.05) is 12.3 Å². The summed E-state index contributed by atoms with van der Waals surface area (Å²) < 4.78 is 0.724. The number of aliphatic hydroxyl groups excluding tert-OH is 1. The van der Waals surface area contributed by atoms with Crippen molar-refractivity contribution in [3.63, 3.8) is 0 Å². The summed E-state index contributed by atoms with van der Waals surface area (Å²) in [4.78, 5) is 22.6. The summed E-state index contributed by atoms with van der Waals surface area (Å²) >= 11 is 3.21. The summed E-state index contributed by atoms with van der Waals surface area (Å²) in [6.45, 7) is -0.326. The number of rotatable bonds is 5. The van der Waals surface area contributed by atoms with Gasteiger partial charge in [-0.15, -0.1) is 0 Å². The summed E-state index contributed by atoms with van der Waals surface area (Å²) in [6.07, 6.45) is -0.0580. The van der Waals surface area contributed by atoms with Crippen LogP contribution in [0.4, 0.5) is 5.69 Å². The second kappa shape index (κ2) is 6.36. The smallest absolute Gasteiger partial charge is 0.326 e. The molecule has 1 amide bonds. The average Bonchev–Trinajstić information content (AvgIpc) is 2.27. The van der Waals surface area contributed by atoms with Crippen LogP contribution in [0, 0.1) is 0 Å². The number of halogens is 1. The van der Waals surface area contributed by atoms with Gasteiger partial charge in [-0.2, -0.15) is 0 Å². The van der Waals surface area contributed by atoms with Crippen molar-refractivity contribution in [1.82, 2.24) is 5.32 Å². The van der Waals surface area contributed by atoms with Crippen molar-refractivity contribution in [2.24, 2.45) is 0 Å². The first-order chi connectivity index (χ1) is 8.45.